The summed E-state index contributed by atoms with van der Waals surface area (Å²) in [5.74, 6) is 1.42. The quantitative estimate of drug-likeness (QED) is 0.211. The van der Waals surface area contributed by atoms with Crippen LogP contribution in [0.3, 0.4) is 0 Å². The Balaban J connectivity index is 0.00000172. The van der Waals surface area contributed by atoms with Crippen molar-refractivity contribution < 1.29 is 24.8 Å². The second kappa shape index (κ2) is 11.9. The molecule has 1 aliphatic carbocycles. The lowest BCUT2D eigenvalue weighted by molar-refractivity contribution is -0.0905. The van der Waals surface area contributed by atoms with E-state index in [0.29, 0.717) is 22.6 Å². The SMILES string of the molecule is CC.COc1cc(/C=C/c2cc(O)c(/C=C/c3ccc(N)cc3)c(O)c2)cc2c1OC1CCCC(C)(O)C1C2. The maximum Gasteiger partial charge on any atom is 0.164 e. The monoisotopic (exact) mass is 529 g/mol. The zero-order valence-electron chi connectivity index (χ0n) is 23.1. The number of aliphatic hydroxyl groups is 1. The minimum atomic E-state index is -0.751. The van der Waals surface area contributed by atoms with Crippen LogP contribution in [0.2, 0.25) is 0 Å². The van der Waals surface area contributed by atoms with Crippen LogP contribution in [0, 0.1) is 5.92 Å². The van der Waals surface area contributed by atoms with Gasteiger partial charge < -0.3 is 30.5 Å². The zero-order valence-corrected chi connectivity index (χ0v) is 23.1. The number of hydrogen-bond donors (Lipinski definition) is 4. The van der Waals surface area contributed by atoms with Crippen molar-refractivity contribution in [2.45, 2.75) is 58.2 Å². The molecule has 39 heavy (non-hydrogen) atoms. The van der Waals surface area contributed by atoms with E-state index in [0.717, 1.165) is 48.1 Å². The van der Waals surface area contributed by atoms with Crippen LogP contribution in [0.4, 0.5) is 5.69 Å². The smallest absolute Gasteiger partial charge is 0.164 e. The lowest BCUT2D eigenvalue weighted by atomic mass is 9.70. The molecule has 0 amide bonds. The molecule has 1 fully saturated rings. The average molecular weight is 530 g/mol. The molecule has 0 spiro atoms. The minimum absolute atomic E-state index is 0.00918. The van der Waals surface area contributed by atoms with Crippen molar-refractivity contribution in [3.05, 3.63) is 76.3 Å². The first-order valence-corrected chi connectivity index (χ1v) is 13.6. The molecule has 0 bridgehead atoms. The third kappa shape index (κ3) is 6.23. The molecule has 0 saturated heterocycles. The van der Waals surface area contributed by atoms with E-state index in [-0.39, 0.29) is 23.5 Å². The summed E-state index contributed by atoms with van der Waals surface area (Å²) < 4.78 is 12.0. The number of phenols is 2. The Bertz CT molecular complexity index is 1330. The van der Waals surface area contributed by atoms with Gasteiger partial charge in [-0.2, -0.15) is 0 Å². The van der Waals surface area contributed by atoms with Crippen molar-refractivity contribution in [3.8, 4) is 23.0 Å². The van der Waals surface area contributed by atoms with Crippen LogP contribution < -0.4 is 15.2 Å². The van der Waals surface area contributed by atoms with Gasteiger partial charge >= 0.3 is 0 Å². The number of anilines is 1. The Hall–Kier alpha value is -3.90. The van der Waals surface area contributed by atoms with E-state index in [1.807, 2.05) is 51.1 Å². The van der Waals surface area contributed by atoms with Crippen molar-refractivity contribution in [2.24, 2.45) is 5.92 Å². The van der Waals surface area contributed by atoms with Crippen molar-refractivity contribution in [1.82, 2.24) is 0 Å². The largest absolute Gasteiger partial charge is 0.507 e. The van der Waals surface area contributed by atoms with Gasteiger partial charge in [-0.1, -0.05) is 44.2 Å². The molecule has 3 aromatic carbocycles. The minimum Gasteiger partial charge on any atom is -0.507 e. The fourth-order valence-corrected chi connectivity index (χ4v) is 5.44. The lowest BCUT2D eigenvalue weighted by Gasteiger charge is -2.45. The van der Waals surface area contributed by atoms with Gasteiger partial charge in [0.05, 0.1) is 18.3 Å². The molecule has 0 aromatic heterocycles. The highest BCUT2D eigenvalue weighted by atomic mass is 16.5. The first kappa shape index (κ1) is 28.1. The molecular weight excluding hydrogens is 490 g/mol. The van der Waals surface area contributed by atoms with Crippen LogP contribution in [0.5, 0.6) is 23.0 Å². The van der Waals surface area contributed by atoms with Gasteiger partial charge in [-0.3, -0.25) is 0 Å². The maximum atomic E-state index is 10.9. The van der Waals surface area contributed by atoms with Gasteiger partial charge in [-0.05, 0) is 97.3 Å². The summed E-state index contributed by atoms with van der Waals surface area (Å²) in [6, 6.07) is 14.5. The molecule has 6 heteroatoms. The fraction of sp³-hybridized carbons (Fsp3) is 0.333. The highest BCUT2D eigenvalue weighted by Gasteiger charge is 2.45. The van der Waals surface area contributed by atoms with E-state index in [1.54, 1.807) is 43.5 Å². The topological polar surface area (TPSA) is 105 Å². The number of fused-ring (bicyclic) bond motifs is 2. The summed E-state index contributed by atoms with van der Waals surface area (Å²) in [5, 5.41) is 32.1. The van der Waals surface area contributed by atoms with Crippen LogP contribution in [0.25, 0.3) is 24.3 Å². The van der Waals surface area contributed by atoms with E-state index >= 15 is 0 Å². The normalized spacial score (nSPS) is 22.0. The number of rotatable bonds is 5. The molecule has 1 aliphatic heterocycles. The van der Waals surface area contributed by atoms with Gasteiger partial charge in [0.15, 0.2) is 11.5 Å². The third-order valence-electron chi connectivity index (χ3n) is 7.51. The highest BCUT2D eigenvalue weighted by Crippen LogP contribution is 2.47. The molecule has 3 atom stereocenters. The molecule has 5 rings (SSSR count). The second-order valence-electron chi connectivity index (χ2n) is 10.2. The average Bonchev–Trinajstić information content (AvgIpc) is 2.92. The first-order chi connectivity index (χ1) is 18.7. The Morgan fingerprint density at radius 2 is 1.54 bits per heavy atom. The van der Waals surface area contributed by atoms with Crippen molar-refractivity contribution in [1.29, 1.82) is 0 Å². The number of hydrogen-bond acceptors (Lipinski definition) is 6. The summed E-state index contributed by atoms with van der Waals surface area (Å²) in [6.07, 6.45) is 10.6. The van der Waals surface area contributed by atoms with Gasteiger partial charge in [0.1, 0.15) is 17.6 Å². The standard InChI is InChI=1S/C31H33NO5.C2H6/c1-31(35)13-3-4-28-25(31)18-22-14-20(17-29(36-2)30(22)37-28)5-6-21-15-26(33)24(27(34)16-21)12-9-19-7-10-23(32)11-8-19;1-2/h5-12,14-17,25,28,33-35H,3-4,13,18,32H2,1-2H3;1-2H3/b6-5+,12-9+;. The van der Waals surface area contributed by atoms with Gasteiger partial charge in [0.2, 0.25) is 0 Å². The molecule has 1 heterocycles. The predicted octanol–water partition coefficient (Wildman–Crippen LogP) is 6.91. The van der Waals surface area contributed by atoms with Crippen LogP contribution in [0.15, 0.2) is 48.5 Å². The van der Waals surface area contributed by atoms with E-state index in [4.69, 9.17) is 15.2 Å². The van der Waals surface area contributed by atoms with Crippen molar-refractivity contribution in [2.75, 3.05) is 12.8 Å². The lowest BCUT2D eigenvalue weighted by Crippen LogP contribution is -2.50. The molecule has 6 nitrogen and oxygen atoms in total. The summed E-state index contributed by atoms with van der Waals surface area (Å²) >= 11 is 0. The number of aromatic hydroxyl groups is 2. The Morgan fingerprint density at radius 1 is 0.923 bits per heavy atom. The van der Waals surface area contributed by atoms with E-state index in [9.17, 15) is 15.3 Å². The Morgan fingerprint density at radius 3 is 2.18 bits per heavy atom. The maximum absolute atomic E-state index is 10.9. The van der Waals surface area contributed by atoms with E-state index < -0.39 is 5.60 Å². The summed E-state index contributed by atoms with van der Waals surface area (Å²) in [4.78, 5) is 0. The summed E-state index contributed by atoms with van der Waals surface area (Å²) in [6.45, 7) is 5.91. The predicted molar refractivity (Wildman–Crippen MR) is 159 cm³/mol. The molecule has 2 aliphatic rings. The molecular formula is C33H39NO5. The highest BCUT2D eigenvalue weighted by molar-refractivity contribution is 5.79. The summed E-state index contributed by atoms with van der Waals surface area (Å²) in [5.41, 5.74) is 9.46. The third-order valence-corrected chi connectivity index (χ3v) is 7.51. The van der Waals surface area contributed by atoms with Crippen molar-refractivity contribution in [3.63, 3.8) is 0 Å². The van der Waals surface area contributed by atoms with Gasteiger partial charge in [0.25, 0.3) is 0 Å². The second-order valence-corrected chi connectivity index (χ2v) is 10.2. The van der Waals surface area contributed by atoms with Gasteiger partial charge in [0, 0.05) is 11.6 Å². The molecule has 1 saturated carbocycles. The Kier molecular flexibility index (Phi) is 8.56. The number of nitrogen functional groups attached to an aromatic ring is 1. The number of ether oxygens (including phenoxy) is 2. The van der Waals surface area contributed by atoms with Gasteiger partial charge in [-0.15, -0.1) is 0 Å². The first-order valence-electron chi connectivity index (χ1n) is 13.6. The van der Waals surface area contributed by atoms with Gasteiger partial charge in [-0.25, -0.2) is 0 Å². The molecule has 3 unspecified atom stereocenters. The van der Waals surface area contributed by atoms with Crippen LogP contribution in [-0.2, 0) is 6.42 Å². The fourth-order valence-electron chi connectivity index (χ4n) is 5.44. The number of phenolic OH excluding ortho intramolecular Hbond substituents is 2. The van der Waals surface area contributed by atoms with Crippen LogP contribution in [-0.4, -0.2) is 34.1 Å². The molecule has 0 radical (unpaired) electrons. The number of methoxy groups -OCH3 is 1. The zero-order chi connectivity index (χ0) is 28.2. The number of nitrogens with two attached hydrogens (primary N) is 1. The molecule has 3 aromatic rings. The van der Waals surface area contributed by atoms with E-state index in [2.05, 4.69) is 6.07 Å². The van der Waals surface area contributed by atoms with E-state index in [1.165, 1.54) is 0 Å². The van der Waals surface area contributed by atoms with Crippen LogP contribution in [0.1, 0.15) is 67.9 Å². The molecule has 206 valence electrons. The Labute approximate surface area is 231 Å². The molecule has 5 N–H and O–H groups in total. The number of benzene rings is 3. The summed E-state index contributed by atoms with van der Waals surface area (Å²) in [7, 11) is 1.63. The van der Waals surface area contributed by atoms with Crippen LogP contribution >= 0.6 is 0 Å². The van der Waals surface area contributed by atoms with Crippen molar-refractivity contribution >= 4 is 30.0 Å².